The third-order valence-electron chi connectivity index (χ3n) is 5.39. The molecule has 1 aliphatic carbocycles. The van der Waals surface area contributed by atoms with Crippen molar-refractivity contribution >= 4 is 44.9 Å². The summed E-state index contributed by atoms with van der Waals surface area (Å²) in [7, 11) is 0. The molecule has 10 heteroatoms. The smallest absolute Gasteiger partial charge is 0.326 e. The molecule has 1 N–H and O–H groups in total. The van der Waals surface area contributed by atoms with Crippen molar-refractivity contribution in [3.8, 4) is 0 Å². The Labute approximate surface area is 196 Å². The van der Waals surface area contributed by atoms with E-state index in [1.54, 1.807) is 22.0 Å². The second-order valence-corrected chi connectivity index (χ2v) is 9.86. The maximum atomic E-state index is 13.2. The lowest BCUT2D eigenvalue weighted by molar-refractivity contribution is -0.137. The third-order valence-corrected chi connectivity index (χ3v) is 7.55. The van der Waals surface area contributed by atoms with Gasteiger partial charge in [-0.25, -0.2) is 4.98 Å². The molecule has 0 radical (unpaired) electrons. The number of alkyl halides is 3. The van der Waals surface area contributed by atoms with Gasteiger partial charge in [-0.15, -0.1) is 17.9 Å². The van der Waals surface area contributed by atoms with Gasteiger partial charge in [0.1, 0.15) is 4.83 Å². The number of anilines is 1. The van der Waals surface area contributed by atoms with Crippen LogP contribution in [0.1, 0.15) is 35.3 Å². The lowest BCUT2D eigenvalue weighted by atomic mass is 9.97. The molecule has 1 aliphatic rings. The fraction of sp³-hybridized carbons (Fsp3) is 0.348. The summed E-state index contributed by atoms with van der Waals surface area (Å²) in [6.45, 7) is 4.05. The molecule has 0 saturated heterocycles. The quantitative estimate of drug-likeness (QED) is 0.262. The number of fused-ring (bicyclic) bond motifs is 3. The number of nitrogens with one attached hydrogen (secondary N) is 1. The molecule has 0 fully saturated rings. The van der Waals surface area contributed by atoms with Gasteiger partial charge in [0.05, 0.1) is 10.9 Å². The predicted octanol–water partition coefficient (Wildman–Crippen LogP) is 5.66. The van der Waals surface area contributed by atoms with E-state index in [1.165, 1.54) is 28.8 Å². The highest BCUT2D eigenvalue weighted by molar-refractivity contribution is 7.99. The van der Waals surface area contributed by atoms with Crippen molar-refractivity contribution in [3.05, 3.63) is 63.3 Å². The summed E-state index contributed by atoms with van der Waals surface area (Å²) in [6, 6.07) is 4.52. The van der Waals surface area contributed by atoms with E-state index >= 15 is 0 Å². The zero-order valence-electron chi connectivity index (χ0n) is 17.7. The number of aryl methyl sites for hydroxylation is 2. The summed E-state index contributed by atoms with van der Waals surface area (Å²) in [4.78, 5) is 32.2. The van der Waals surface area contributed by atoms with Crippen molar-refractivity contribution in [2.24, 2.45) is 0 Å². The van der Waals surface area contributed by atoms with E-state index in [9.17, 15) is 22.8 Å². The Bertz CT molecular complexity index is 1260. The molecule has 0 saturated carbocycles. The molecule has 2 aromatic heterocycles. The van der Waals surface area contributed by atoms with Crippen LogP contribution in [0.5, 0.6) is 0 Å². The van der Waals surface area contributed by atoms with Gasteiger partial charge >= 0.3 is 6.18 Å². The Morgan fingerprint density at radius 2 is 2.09 bits per heavy atom. The van der Waals surface area contributed by atoms with E-state index in [1.807, 2.05) is 0 Å². The maximum Gasteiger partial charge on any atom is 0.416 e. The third kappa shape index (κ3) is 5.16. The van der Waals surface area contributed by atoms with Gasteiger partial charge in [-0.05, 0) is 49.4 Å². The number of thiophene rings is 1. The number of hydrogen-bond donors (Lipinski definition) is 1. The van der Waals surface area contributed by atoms with Crippen LogP contribution in [-0.4, -0.2) is 21.2 Å². The monoisotopic (exact) mass is 493 g/mol. The van der Waals surface area contributed by atoms with Gasteiger partial charge in [-0.2, -0.15) is 13.2 Å². The first-order chi connectivity index (χ1) is 15.8. The van der Waals surface area contributed by atoms with Crippen LogP contribution in [0.25, 0.3) is 10.2 Å². The molecular formula is C23H22F3N3O2S2. The fourth-order valence-electron chi connectivity index (χ4n) is 3.85. The molecule has 0 aliphatic heterocycles. The first kappa shape index (κ1) is 23.6. The molecule has 1 aromatic carbocycles. The van der Waals surface area contributed by atoms with Gasteiger partial charge in [-0.1, -0.05) is 23.9 Å². The molecule has 174 valence electrons. The minimum atomic E-state index is -4.48. The van der Waals surface area contributed by atoms with Gasteiger partial charge in [0.25, 0.3) is 5.56 Å². The van der Waals surface area contributed by atoms with Crippen LogP contribution < -0.4 is 10.9 Å². The number of benzene rings is 1. The van der Waals surface area contributed by atoms with Crippen molar-refractivity contribution in [1.82, 2.24) is 9.55 Å². The summed E-state index contributed by atoms with van der Waals surface area (Å²) in [5.41, 5.74) is 0.301. The van der Waals surface area contributed by atoms with E-state index < -0.39 is 17.6 Å². The van der Waals surface area contributed by atoms with E-state index in [-0.39, 0.29) is 17.7 Å². The summed E-state index contributed by atoms with van der Waals surface area (Å²) < 4.78 is 40.2. The molecule has 3 aromatic rings. The molecule has 1 amide bonds. The average molecular weight is 494 g/mol. The van der Waals surface area contributed by atoms with Crippen LogP contribution >= 0.6 is 23.1 Å². The molecule has 5 nitrogen and oxygen atoms in total. The van der Waals surface area contributed by atoms with E-state index in [0.717, 1.165) is 48.2 Å². The summed E-state index contributed by atoms with van der Waals surface area (Å²) in [5, 5.41) is 3.71. The molecule has 0 spiro atoms. The minimum Gasteiger partial charge on any atom is -0.326 e. The lowest BCUT2D eigenvalue weighted by Gasteiger charge is -2.12. The number of allylic oxidation sites excluding steroid dienone is 1. The highest BCUT2D eigenvalue weighted by Crippen LogP contribution is 2.35. The number of aromatic nitrogens is 2. The average Bonchev–Trinajstić information content (AvgIpc) is 3.14. The Morgan fingerprint density at radius 1 is 1.30 bits per heavy atom. The van der Waals surface area contributed by atoms with Crippen LogP contribution in [0.2, 0.25) is 0 Å². The SMILES string of the molecule is C=CCn1c(SCCC(=O)Nc2cccc(C(F)(F)F)c2)nc2sc3c(c2c1=O)CCCC3. The Hall–Kier alpha value is -2.59. The molecule has 2 heterocycles. The molecule has 33 heavy (non-hydrogen) atoms. The number of carbonyl (C=O) groups excluding carboxylic acids is 1. The Morgan fingerprint density at radius 3 is 2.85 bits per heavy atom. The fourth-order valence-corrected chi connectivity index (χ4v) is 6.10. The van der Waals surface area contributed by atoms with Gasteiger partial charge in [0.15, 0.2) is 5.16 Å². The highest BCUT2D eigenvalue weighted by atomic mass is 32.2. The van der Waals surface area contributed by atoms with Crippen LogP contribution in [0.15, 0.2) is 46.9 Å². The van der Waals surface area contributed by atoms with Crippen molar-refractivity contribution in [3.63, 3.8) is 0 Å². The molecular weight excluding hydrogens is 471 g/mol. The largest absolute Gasteiger partial charge is 0.416 e. The molecule has 0 unspecified atom stereocenters. The Kier molecular flexibility index (Phi) is 6.94. The summed E-state index contributed by atoms with van der Waals surface area (Å²) >= 11 is 2.84. The lowest BCUT2D eigenvalue weighted by Crippen LogP contribution is -2.23. The number of thioether (sulfide) groups is 1. The number of rotatable bonds is 7. The van der Waals surface area contributed by atoms with Crippen molar-refractivity contribution in [2.45, 2.75) is 50.0 Å². The number of halogens is 3. The van der Waals surface area contributed by atoms with E-state index in [2.05, 4.69) is 11.9 Å². The molecule has 4 rings (SSSR count). The summed E-state index contributed by atoms with van der Waals surface area (Å²) in [5.74, 6) is -0.0857. The standard InChI is InChI=1S/C23H22F3N3O2S2/c1-2-11-29-21(31)19-16-8-3-4-9-17(16)33-20(19)28-22(29)32-12-10-18(30)27-15-7-5-6-14(13-15)23(24,25)26/h2,5-7,13H,1,3-4,8-12H2,(H,27,30). The predicted molar refractivity (Wildman–Crippen MR) is 126 cm³/mol. The minimum absolute atomic E-state index is 0.0594. The maximum absolute atomic E-state index is 13.2. The van der Waals surface area contributed by atoms with Crippen LogP contribution in [0.4, 0.5) is 18.9 Å². The Balaban J connectivity index is 1.48. The van der Waals surface area contributed by atoms with E-state index in [0.29, 0.717) is 22.8 Å². The van der Waals surface area contributed by atoms with Crippen molar-refractivity contribution < 1.29 is 18.0 Å². The topological polar surface area (TPSA) is 64.0 Å². The van der Waals surface area contributed by atoms with Gasteiger partial charge in [0.2, 0.25) is 5.91 Å². The zero-order chi connectivity index (χ0) is 23.6. The second kappa shape index (κ2) is 9.72. The van der Waals surface area contributed by atoms with Gasteiger partial charge < -0.3 is 5.32 Å². The first-order valence-corrected chi connectivity index (χ1v) is 12.3. The number of amides is 1. The normalized spacial score (nSPS) is 13.7. The van der Waals surface area contributed by atoms with Gasteiger partial charge in [-0.3, -0.25) is 14.2 Å². The van der Waals surface area contributed by atoms with Crippen molar-refractivity contribution in [2.75, 3.05) is 11.1 Å². The summed E-state index contributed by atoms with van der Waals surface area (Å²) in [6.07, 6.45) is 1.26. The van der Waals surface area contributed by atoms with Gasteiger partial charge in [0, 0.05) is 29.3 Å². The van der Waals surface area contributed by atoms with Crippen molar-refractivity contribution in [1.29, 1.82) is 0 Å². The number of carbonyl (C=O) groups is 1. The van der Waals surface area contributed by atoms with Crippen LogP contribution in [0, 0.1) is 0 Å². The first-order valence-electron chi connectivity index (χ1n) is 10.5. The van der Waals surface area contributed by atoms with E-state index in [4.69, 9.17) is 4.98 Å². The molecule has 0 bridgehead atoms. The van der Waals surface area contributed by atoms with Crippen LogP contribution in [-0.2, 0) is 30.4 Å². The zero-order valence-corrected chi connectivity index (χ0v) is 19.3. The number of nitrogens with zero attached hydrogens (tertiary/aromatic N) is 2. The second-order valence-electron chi connectivity index (χ2n) is 7.72. The van der Waals surface area contributed by atoms with Crippen LogP contribution in [0.3, 0.4) is 0 Å². The molecule has 0 atom stereocenters. The highest BCUT2D eigenvalue weighted by Gasteiger charge is 2.30. The number of hydrogen-bond acceptors (Lipinski definition) is 5.